The number of carbonyl (C=O) groups excluding carboxylic acids is 1. The van der Waals surface area contributed by atoms with Crippen molar-refractivity contribution in [2.45, 2.75) is 19.3 Å². The fourth-order valence-corrected chi connectivity index (χ4v) is 2.48. The Hall–Kier alpha value is -1.10. The van der Waals surface area contributed by atoms with Crippen LogP contribution in [0.25, 0.3) is 0 Å². The van der Waals surface area contributed by atoms with E-state index in [0.29, 0.717) is 6.42 Å². The molecule has 1 fully saturated rings. The molecular formula is C16H23ClN2O2. The first-order valence-corrected chi connectivity index (χ1v) is 7.93. The molecule has 21 heavy (non-hydrogen) atoms. The maximum atomic E-state index is 11.8. The van der Waals surface area contributed by atoms with E-state index in [2.05, 4.69) is 10.2 Å². The first kappa shape index (κ1) is 16.3. The highest BCUT2D eigenvalue weighted by Gasteiger charge is 2.09. The highest BCUT2D eigenvalue weighted by molar-refractivity contribution is 6.30. The van der Waals surface area contributed by atoms with Crippen LogP contribution in [-0.4, -0.2) is 50.2 Å². The lowest BCUT2D eigenvalue weighted by Crippen LogP contribution is -2.38. The van der Waals surface area contributed by atoms with Crippen LogP contribution in [0.15, 0.2) is 24.3 Å². The predicted molar refractivity (Wildman–Crippen MR) is 84.7 cm³/mol. The van der Waals surface area contributed by atoms with E-state index in [0.717, 1.165) is 62.8 Å². The van der Waals surface area contributed by atoms with Gasteiger partial charge in [-0.05, 0) is 37.1 Å². The van der Waals surface area contributed by atoms with Crippen LogP contribution in [0.4, 0.5) is 0 Å². The van der Waals surface area contributed by atoms with Crippen molar-refractivity contribution in [3.63, 3.8) is 0 Å². The summed E-state index contributed by atoms with van der Waals surface area (Å²) in [6, 6.07) is 7.65. The minimum atomic E-state index is 0.118. The van der Waals surface area contributed by atoms with Gasteiger partial charge in [0.25, 0.3) is 0 Å². The molecule has 0 aromatic heterocycles. The summed E-state index contributed by atoms with van der Waals surface area (Å²) in [7, 11) is 0. The number of rotatable bonds is 7. The predicted octanol–water partition coefficient (Wildman–Crippen LogP) is 2.11. The molecule has 0 unspecified atom stereocenters. The quantitative estimate of drug-likeness (QED) is 0.784. The van der Waals surface area contributed by atoms with Gasteiger partial charge in [-0.3, -0.25) is 9.69 Å². The number of amides is 1. The highest BCUT2D eigenvalue weighted by Crippen LogP contribution is 2.10. The van der Waals surface area contributed by atoms with Crippen LogP contribution in [-0.2, 0) is 16.0 Å². The molecule has 0 aliphatic carbocycles. The van der Waals surface area contributed by atoms with Crippen LogP contribution in [0.3, 0.4) is 0 Å². The van der Waals surface area contributed by atoms with Crippen molar-refractivity contribution in [3.05, 3.63) is 34.9 Å². The molecule has 1 N–H and O–H groups in total. The summed E-state index contributed by atoms with van der Waals surface area (Å²) in [5.74, 6) is 0.118. The molecule has 1 aromatic carbocycles. The second-order valence-electron chi connectivity index (χ2n) is 5.28. The largest absolute Gasteiger partial charge is 0.379 e. The number of hydrogen-bond donors (Lipinski definition) is 1. The Morgan fingerprint density at radius 3 is 2.67 bits per heavy atom. The molecular weight excluding hydrogens is 288 g/mol. The smallest absolute Gasteiger partial charge is 0.220 e. The number of carbonyl (C=O) groups is 1. The lowest BCUT2D eigenvalue weighted by atomic mass is 10.1. The Morgan fingerprint density at radius 2 is 1.95 bits per heavy atom. The normalized spacial score (nSPS) is 15.9. The number of benzene rings is 1. The average Bonchev–Trinajstić information content (AvgIpc) is 2.52. The van der Waals surface area contributed by atoms with E-state index in [1.54, 1.807) is 0 Å². The molecule has 0 bridgehead atoms. The highest BCUT2D eigenvalue weighted by atomic mass is 35.5. The van der Waals surface area contributed by atoms with Crippen molar-refractivity contribution in [1.82, 2.24) is 10.2 Å². The third-order valence-corrected chi connectivity index (χ3v) is 3.88. The third kappa shape index (κ3) is 6.46. The molecule has 2 rings (SSSR count). The molecule has 5 heteroatoms. The Balaban J connectivity index is 1.54. The van der Waals surface area contributed by atoms with E-state index < -0.39 is 0 Å². The van der Waals surface area contributed by atoms with Crippen molar-refractivity contribution in [3.8, 4) is 0 Å². The minimum Gasteiger partial charge on any atom is -0.379 e. The summed E-state index contributed by atoms with van der Waals surface area (Å²) in [4.78, 5) is 14.1. The van der Waals surface area contributed by atoms with Gasteiger partial charge < -0.3 is 10.1 Å². The summed E-state index contributed by atoms with van der Waals surface area (Å²) in [5.41, 5.74) is 1.14. The molecule has 0 saturated carbocycles. The topological polar surface area (TPSA) is 41.6 Å². The average molecular weight is 311 g/mol. The fraction of sp³-hybridized carbons (Fsp3) is 0.562. The van der Waals surface area contributed by atoms with E-state index in [4.69, 9.17) is 16.3 Å². The maximum Gasteiger partial charge on any atom is 0.220 e. The Kier molecular flexibility index (Phi) is 7.00. The second-order valence-corrected chi connectivity index (χ2v) is 5.72. The molecule has 1 aliphatic rings. The first-order chi connectivity index (χ1) is 10.2. The first-order valence-electron chi connectivity index (χ1n) is 7.55. The van der Waals surface area contributed by atoms with Crippen molar-refractivity contribution < 1.29 is 9.53 Å². The molecule has 0 atom stereocenters. The van der Waals surface area contributed by atoms with Crippen LogP contribution < -0.4 is 5.32 Å². The van der Waals surface area contributed by atoms with Crippen LogP contribution in [0.5, 0.6) is 0 Å². The molecule has 0 radical (unpaired) electrons. The fourth-order valence-electron chi connectivity index (χ4n) is 2.35. The monoisotopic (exact) mass is 310 g/mol. The lowest BCUT2D eigenvalue weighted by molar-refractivity contribution is -0.121. The van der Waals surface area contributed by atoms with Crippen LogP contribution in [0.2, 0.25) is 5.02 Å². The van der Waals surface area contributed by atoms with Crippen LogP contribution in [0.1, 0.15) is 18.4 Å². The molecule has 116 valence electrons. The number of ether oxygens (including phenoxy) is 1. The zero-order chi connectivity index (χ0) is 14.9. The molecule has 4 nitrogen and oxygen atoms in total. The maximum absolute atomic E-state index is 11.8. The third-order valence-electron chi connectivity index (χ3n) is 3.63. The van der Waals surface area contributed by atoms with Gasteiger partial charge in [-0.1, -0.05) is 23.7 Å². The van der Waals surface area contributed by atoms with E-state index in [1.165, 1.54) is 0 Å². The summed E-state index contributed by atoms with van der Waals surface area (Å²) < 4.78 is 5.31. The number of halogens is 1. The Morgan fingerprint density at radius 1 is 1.24 bits per heavy atom. The van der Waals surface area contributed by atoms with Crippen molar-refractivity contribution in [1.29, 1.82) is 0 Å². The summed E-state index contributed by atoms with van der Waals surface area (Å²) in [5, 5.41) is 3.71. The van der Waals surface area contributed by atoms with Crippen molar-refractivity contribution in [2.24, 2.45) is 0 Å². The van der Waals surface area contributed by atoms with Gasteiger partial charge >= 0.3 is 0 Å². The van der Waals surface area contributed by atoms with Gasteiger partial charge in [0.15, 0.2) is 0 Å². The number of morpholine rings is 1. The molecule has 0 spiro atoms. The van der Waals surface area contributed by atoms with Gasteiger partial charge in [0.2, 0.25) is 5.91 Å². The Labute approximate surface area is 131 Å². The van der Waals surface area contributed by atoms with Gasteiger partial charge in [-0.15, -0.1) is 0 Å². The summed E-state index contributed by atoms with van der Waals surface area (Å²) in [6.07, 6.45) is 2.28. The molecule has 1 saturated heterocycles. The van der Waals surface area contributed by atoms with Crippen LogP contribution >= 0.6 is 11.6 Å². The summed E-state index contributed by atoms with van der Waals surface area (Å²) in [6.45, 7) is 5.44. The van der Waals surface area contributed by atoms with Crippen molar-refractivity contribution >= 4 is 17.5 Å². The van der Waals surface area contributed by atoms with Gasteiger partial charge in [0.05, 0.1) is 13.2 Å². The second kappa shape index (κ2) is 9.03. The van der Waals surface area contributed by atoms with E-state index in [1.807, 2.05) is 24.3 Å². The zero-order valence-electron chi connectivity index (χ0n) is 12.3. The molecule has 1 heterocycles. The molecule has 1 amide bonds. The van der Waals surface area contributed by atoms with Crippen molar-refractivity contribution in [2.75, 3.05) is 39.4 Å². The van der Waals surface area contributed by atoms with Gasteiger partial charge in [-0.25, -0.2) is 0 Å². The van der Waals surface area contributed by atoms with Gasteiger partial charge in [0, 0.05) is 31.1 Å². The van der Waals surface area contributed by atoms with Crippen LogP contribution in [0, 0.1) is 0 Å². The minimum absolute atomic E-state index is 0.118. The zero-order valence-corrected chi connectivity index (χ0v) is 13.1. The number of aryl methyl sites for hydroxylation is 1. The number of nitrogens with zero attached hydrogens (tertiary/aromatic N) is 1. The summed E-state index contributed by atoms with van der Waals surface area (Å²) >= 11 is 5.83. The standard InChI is InChI=1S/C16H23ClN2O2/c17-15-5-2-14(3-6-15)4-7-16(20)18-8-1-9-19-10-12-21-13-11-19/h2-3,5-6H,1,4,7-13H2,(H,18,20). The van der Waals surface area contributed by atoms with Gasteiger partial charge in [-0.2, -0.15) is 0 Å². The lowest BCUT2D eigenvalue weighted by Gasteiger charge is -2.26. The number of nitrogens with one attached hydrogen (secondary N) is 1. The van der Waals surface area contributed by atoms with E-state index in [9.17, 15) is 4.79 Å². The molecule has 1 aromatic rings. The van der Waals surface area contributed by atoms with Gasteiger partial charge in [0.1, 0.15) is 0 Å². The Bertz CT molecular complexity index is 430. The number of hydrogen-bond acceptors (Lipinski definition) is 3. The molecule has 1 aliphatic heterocycles. The van der Waals surface area contributed by atoms with E-state index >= 15 is 0 Å². The SMILES string of the molecule is O=C(CCc1ccc(Cl)cc1)NCCCN1CCOCC1. The van der Waals surface area contributed by atoms with E-state index in [-0.39, 0.29) is 5.91 Å².